The highest BCUT2D eigenvalue weighted by Crippen LogP contribution is 2.65. The lowest BCUT2D eigenvalue weighted by atomic mass is 9.56. The van der Waals surface area contributed by atoms with E-state index in [4.69, 9.17) is 32.7 Å². The van der Waals surface area contributed by atoms with Crippen molar-refractivity contribution in [2.45, 2.75) is 28.5 Å². The molecule has 0 unspecified atom stereocenters. The minimum absolute atomic E-state index is 0.0370. The molecule has 2 heterocycles. The molecular formula is C23H22Cl2N2O8. The van der Waals surface area contributed by atoms with Crippen molar-refractivity contribution < 1.29 is 39.0 Å². The first kappa shape index (κ1) is 23.9. The lowest BCUT2D eigenvalue weighted by molar-refractivity contribution is -0.173. The van der Waals surface area contributed by atoms with Crippen LogP contribution >= 0.6 is 23.2 Å². The molecule has 10 nitrogen and oxygen atoms in total. The van der Waals surface area contributed by atoms with E-state index in [0.29, 0.717) is 11.1 Å². The quantitative estimate of drug-likeness (QED) is 0.264. The van der Waals surface area contributed by atoms with Gasteiger partial charge in [0, 0.05) is 13.0 Å². The topological polar surface area (TPSA) is 134 Å². The zero-order valence-corrected chi connectivity index (χ0v) is 20.5. The fourth-order valence-corrected chi connectivity index (χ4v) is 7.20. The van der Waals surface area contributed by atoms with Crippen molar-refractivity contribution in [1.82, 2.24) is 9.96 Å². The first-order valence-electron chi connectivity index (χ1n) is 10.9. The van der Waals surface area contributed by atoms with Crippen molar-refractivity contribution in [3.05, 3.63) is 29.3 Å². The number of imide groups is 2. The molecule has 2 aliphatic carbocycles. The number of hydroxylamine groups is 2. The summed E-state index contributed by atoms with van der Waals surface area (Å²) in [6.07, 6.45) is 1.67. The predicted octanol–water partition coefficient (Wildman–Crippen LogP) is 1.79. The van der Waals surface area contributed by atoms with Gasteiger partial charge >= 0.3 is 0 Å². The number of alkyl halides is 2. The number of carbonyl (C=O) groups excluding carboxylic acids is 4. The van der Waals surface area contributed by atoms with Crippen LogP contribution in [0, 0.1) is 17.8 Å². The molecule has 2 N–H and O–H groups in total. The van der Waals surface area contributed by atoms with Crippen molar-refractivity contribution in [3.63, 3.8) is 0 Å². The highest BCUT2D eigenvalue weighted by molar-refractivity contribution is 6.53. The van der Waals surface area contributed by atoms with Crippen LogP contribution < -0.4 is 9.47 Å². The summed E-state index contributed by atoms with van der Waals surface area (Å²) in [6, 6.07) is 2.94. The van der Waals surface area contributed by atoms with E-state index in [0.717, 1.165) is 4.90 Å². The molecule has 1 aromatic carbocycles. The van der Waals surface area contributed by atoms with E-state index in [1.807, 2.05) is 0 Å². The van der Waals surface area contributed by atoms with Gasteiger partial charge in [0.1, 0.15) is 0 Å². The van der Waals surface area contributed by atoms with Gasteiger partial charge in [-0.1, -0.05) is 11.6 Å². The van der Waals surface area contributed by atoms with Gasteiger partial charge in [0.25, 0.3) is 23.6 Å². The Morgan fingerprint density at radius 1 is 1.00 bits per heavy atom. The SMILES string of the molecule is COc1cc([C@H]2C3=CC[C@@H]4C(=O)N(O)C(=O)[C@@H]4[C@@H]3C[C@@]3(Cl)C(=O)N(C)C(=O)[C@@]23Cl)cc(OC)c1O. The molecule has 4 aliphatic rings. The lowest BCUT2D eigenvalue weighted by Crippen LogP contribution is -2.60. The number of aromatic hydroxyl groups is 1. The van der Waals surface area contributed by atoms with Crippen LogP contribution in [0.25, 0.3) is 0 Å². The number of phenols is 1. The monoisotopic (exact) mass is 524 g/mol. The molecule has 186 valence electrons. The Labute approximate surface area is 209 Å². The fraction of sp³-hybridized carbons (Fsp3) is 0.478. The molecule has 12 heteroatoms. The van der Waals surface area contributed by atoms with Gasteiger partial charge in [-0.15, -0.1) is 23.2 Å². The molecule has 5 rings (SSSR count). The lowest BCUT2D eigenvalue weighted by Gasteiger charge is -2.50. The van der Waals surface area contributed by atoms with Crippen molar-refractivity contribution in [1.29, 1.82) is 0 Å². The van der Waals surface area contributed by atoms with Crippen molar-refractivity contribution in [2.75, 3.05) is 21.3 Å². The Hall–Kier alpha value is -2.82. The largest absolute Gasteiger partial charge is 0.502 e. The number of hydrogen-bond acceptors (Lipinski definition) is 8. The summed E-state index contributed by atoms with van der Waals surface area (Å²) in [5, 5.41) is 20.6. The van der Waals surface area contributed by atoms with E-state index < -0.39 is 57.0 Å². The minimum Gasteiger partial charge on any atom is -0.502 e. The first-order chi connectivity index (χ1) is 16.4. The van der Waals surface area contributed by atoms with E-state index >= 15 is 0 Å². The normalized spacial score (nSPS) is 36.1. The molecule has 1 aromatic rings. The molecule has 0 bridgehead atoms. The summed E-state index contributed by atoms with van der Waals surface area (Å²) >= 11 is 14.1. The molecule has 1 saturated carbocycles. The highest BCUT2D eigenvalue weighted by atomic mass is 35.5. The number of carbonyl (C=O) groups is 4. The van der Waals surface area contributed by atoms with Gasteiger partial charge < -0.3 is 14.6 Å². The number of rotatable bonds is 3. The third-order valence-corrected chi connectivity index (χ3v) is 9.24. The van der Waals surface area contributed by atoms with Crippen molar-refractivity contribution in [3.8, 4) is 17.2 Å². The maximum atomic E-state index is 13.5. The third-order valence-electron chi connectivity index (χ3n) is 7.83. The number of benzene rings is 1. The van der Waals surface area contributed by atoms with E-state index in [-0.39, 0.29) is 35.2 Å². The molecule has 6 atom stereocenters. The summed E-state index contributed by atoms with van der Waals surface area (Å²) in [6.45, 7) is 0. The van der Waals surface area contributed by atoms with Crippen molar-refractivity contribution in [2.24, 2.45) is 17.8 Å². The molecule has 0 radical (unpaired) electrons. The number of amides is 4. The van der Waals surface area contributed by atoms with Crippen LogP contribution in [0.15, 0.2) is 23.8 Å². The number of likely N-dealkylation sites (tertiary alicyclic amines) is 1. The van der Waals surface area contributed by atoms with Crippen LogP contribution in [-0.4, -0.2) is 74.9 Å². The summed E-state index contributed by atoms with van der Waals surface area (Å²) in [4.78, 5) is 49.1. The number of fused-ring (bicyclic) bond motifs is 4. The maximum absolute atomic E-state index is 13.5. The second kappa shape index (κ2) is 7.59. The van der Waals surface area contributed by atoms with Crippen LogP contribution in [0.3, 0.4) is 0 Å². The Morgan fingerprint density at radius 3 is 2.17 bits per heavy atom. The fourth-order valence-electron chi connectivity index (χ4n) is 6.18. The molecule has 0 spiro atoms. The van der Waals surface area contributed by atoms with Crippen LogP contribution in [0.4, 0.5) is 0 Å². The van der Waals surface area contributed by atoms with Gasteiger partial charge in [-0.2, -0.15) is 5.06 Å². The van der Waals surface area contributed by atoms with Crippen molar-refractivity contribution >= 4 is 46.8 Å². The molecule has 4 amide bonds. The van der Waals surface area contributed by atoms with E-state index in [2.05, 4.69) is 0 Å². The smallest absolute Gasteiger partial charge is 0.257 e. The Bertz CT molecular complexity index is 1210. The number of phenolic OH excluding ortho intramolecular Hbond substituents is 1. The average molecular weight is 525 g/mol. The average Bonchev–Trinajstić information content (AvgIpc) is 3.14. The number of halogens is 2. The number of ether oxygens (including phenoxy) is 2. The molecular weight excluding hydrogens is 503 g/mol. The Morgan fingerprint density at radius 2 is 1.60 bits per heavy atom. The highest BCUT2D eigenvalue weighted by Gasteiger charge is 2.76. The summed E-state index contributed by atoms with van der Waals surface area (Å²) in [5.41, 5.74) is 0.903. The van der Waals surface area contributed by atoms with Crippen LogP contribution in [0.1, 0.15) is 24.3 Å². The van der Waals surface area contributed by atoms with Gasteiger partial charge in [-0.05, 0) is 36.5 Å². The molecule has 3 fully saturated rings. The minimum atomic E-state index is -1.98. The van der Waals surface area contributed by atoms with Gasteiger partial charge in [-0.25, -0.2) is 0 Å². The van der Waals surface area contributed by atoms with Crippen LogP contribution in [0.2, 0.25) is 0 Å². The van der Waals surface area contributed by atoms with Gasteiger partial charge in [-0.3, -0.25) is 29.3 Å². The van der Waals surface area contributed by atoms with E-state index in [9.17, 15) is 29.5 Å². The third kappa shape index (κ3) is 2.75. The Kier molecular flexibility index (Phi) is 5.18. The maximum Gasteiger partial charge on any atom is 0.257 e. The first-order valence-corrected chi connectivity index (χ1v) is 11.6. The predicted molar refractivity (Wildman–Crippen MR) is 120 cm³/mol. The summed E-state index contributed by atoms with van der Waals surface area (Å²) in [5.74, 6) is -6.74. The molecule has 2 aliphatic heterocycles. The molecule has 35 heavy (non-hydrogen) atoms. The Balaban J connectivity index is 1.78. The zero-order chi connectivity index (χ0) is 25.6. The number of hydrogen-bond donors (Lipinski definition) is 2. The number of nitrogens with zero attached hydrogens (tertiary/aromatic N) is 2. The summed E-state index contributed by atoms with van der Waals surface area (Å²) < 4.78 is 10.6. The van der Waals surface area contributed by atoms with Crippen LogP contribution in [-0.2, 0) is 19.2 Å². The molecule has 0 aromatic heterocycles. The van der Waals surface area contributed by atoms with Gasteiger partial charge in [0.15, 0.2) is 21.2 Å². The molecule has 2 saturated heterocycles. The zero-order valence-electron chi connectivity index (χ0n) is 18.9. The second-order valence-electron chi connectivity index (χ2n) is 9.26. The van der Waals surface area contributed by atoms with E-state index in [1.54, 1.807) is 6.08 Å². The van der Waals surface area contributed by atoms with Crippen LogP contribution in [0.5, 0.6) is 17.2 Å². The standard InChI is InChI=1S/C23H22Cl2N2O8/c1-26-20(31)22(24)8-12-10(4-5-11-15(12)19(30)27(33)18(11)29)16(23(22,25)21(26)32)9-6-13(34-2)17(28)14(7-9)35-3/h4,6-7,11-12,15-16,28,33H,5,8H2,1-3H3/t11-,12+,15-,16-,22+,23-/m0/s1. The number of allylic oxidation sites excluding steroid dienone is 2. The van der Waals surface area contributed by atoms with Gasteiger partial charge in [0.2, 0.25) is 5.75 Å². The van der Waals surface area contributed by atoms with Gasteiger partial charge in [0.05, 0.1) is 26.1 Å². The summed E-state index contributed by atoms with van der Waals surface area (Å²) in [7, 11) is 3.96. The van der Waals surface area contributed by atoms with E-state index in [1.165, 1.54) is 33.4 Å². The second-order valence-corrected chi connectivity index (χ2v) is 10.5. The number of methoxy groups -OCH3 is 2.